The number of hydrogen-bond donors (Lipinski definition) is 3. The highest BCUT2D eigenvalue weighted by atomic mass is 16.5. The van der Waals surface area contributed by atoms with E-state index in [1.807, 2.05) is 48.3 Å². The molecule has 4 aromatic rings. The molecule has 16 nitrogen and oxygen atoms in total. The highest BCUT2D eigenvalue weighted by Gasteiger charge is 2.30. The number of nitrogens with two attached hydrogens (primary N) is 1. The second-order valence-corrected chi connectivity index (χ2v) is 15.7. The van der Waals surface area contributed by atoms with Gasteiger partial charge in [-0.05, 0) is 87.2 Å². The third kappa shape index (κ3) is 11.7. The van der Waals surface area contributed by atoms with E-state index >= 15 is 0 Å². The first kappa shape index (κ1) is 43.3. The van der Waals surface area contributed by atoms with Gasteiger partial charge in [-0.15, -0.1) is 5.11 Å². The molecule has 2 amide bonds. The lowest BCUT2D eigenvalue weighted by Crippen LogP contribution is -2.51. The number of fused-ring (bicyclic) bond motifs is 1. The molecule has 3 saturated heterocycles. The van der Waals surface area contributed by atoms with E-state index in [9.17, 15) is 14.4 Å². The monoisotopic (exact) mass is 831 g/mol. The number of likely N-dealkylation sites (N-methyl/N-ethyl adjacent to an activating group) is 1. The number of likely N-dealkylation sites (tertiary alicyclic amines) is 2. The molecule has 3 aliphatic heterocycles. The van der Waals surface area contributed by atoms with Gasteiger partial charge in [-0.1, -0.05) is 40.4 Å². The Morgan fingerprint density at radius 2 is 1.77 bits per heavy atom. The van der Waals surface area contributed by atoms with Crippen molar-refractivity contribution in [2.45, 2.75) is 63.3 Å². The van der Waals surface area contributed by atoms with E-state index in [-0.39, 0.29) is 29.9 Å². The van der Waals surface area contributed by atoms with Crippen molar-refractivity contribution in [3.8, 4) is 28.9 Å². The molecule has 7 rings (SSSR count). The number of amidine groups is 1. The van der Waals surface area contributed by atoms with Crippen molar-refractivity contribution in [3.05, 3.63) is 82.9 Å². The van der Waals surface area contributed by atoms with E-state index in [0.717, 1.165) is 106 Å². The van der Waals surface area contributed by atoms with Crippen LogP contribution in [0.5, 0.6) is 5.75 Å². The van der Waals surface area contributed by atoms with Crippen LogP contribution in [0.1, 0.15) is 65.6 Å². The summed E-state index contributed by atoms with van der Waals surface area (Å²) < 4.78 is 24.3. The number of imide groups is 1. The van der Waals surface area contributed by atoms with E-state index in [1.54, 1.807) is 24.3 Å². The van der Waals surface area contributed by atoms with Crippen LogP contribution in [0.3, 0.4) is 0 Å². The maximum atomic E-state index is 12.3. The number of ether oxygens (including phenoxy) is 3. The van der Waals surface area contributed by atoms with Gasteiger partial charge in [-0.2, -0.15) is 0 Å². The maximum absolute atomic E-state index is 12.3. The molecule has 1 unspecified atom stereocenters. The predicted molar refractivity (Wildman–Crippen MR) is 228 cm³/mol. The Labute approximate surface area is 355 Å². The van der Waals surface area contributed by atoms with Gasteiger partial charge in [0.25, 0.3) is 0 Å². The SMILES string of the molecule is CN(Cc1cc(C#CCOCCN2CCC(OCCN3CCC(Oc4cccc(-c5onc6ccc(C(=N)N=NN)cc56)c4)CC3)CC2)ccc1C=O)C1CCC(=O)NC1=O. The van der Waals surface area contributed by atoms with Crippen molar-refractivity contribution in [1.82, 2.24) is 25.2 Å². The number of nitrogens with zero attached hydrogens (tertiary/aromatic N) is 6. The van der Waals surface area contributed by atoms with Gasteiger partial charge in [-0.3, -0.25) is 30.0 Å². The highest BCUT2D eigenvalue weighted by Crippen LogP contribution is 2.32. The molecule has 0 aliphatic carbocycles. The smallest absolute Gasteiger partial charge is 0.243 e. The van der Waals surface area contributed by atoms with Crippen LogP contribution in [0.15, 0.2) is 75.5 Å². The Morgan fingerprint density at radius 3 is 2.52 bits per heavy atom. The van der Waals surface area contributed by atoms with Crippen molar-refractivity contribution < 1.29 is 33.1 Å². The molecule has 1 aromatic heterocycles. The summed E-state index contributed by atoms with van der Waals surface area (Å²) in [6.07, 6.45) is 5.82. The Morgan fingerprint density at radius 1 is 1.00 bits per heavy atom. The summed E-state index contributed by atoms with van der Waals surface area (Å²) >= 11 is 0. The summed E-state index contributed by atoms with van der Waals surface area (Å²) in [6.45, 7) is 7.61. The normalized spacial score (nSPS) is 18.4. The van der Waals surface area contributed by atoms with Gasteiger partial charge in [0.1, 0.15) is 30.3 Å². The predicted octanol–water partition coefficient (Wildman–Crippen LogP) is 4.59. The number of carbonyl (C=O) groups is 3. The lowest BCUT2D eigenvalue weighted by atomic mass is 10.0. The Balaban J connectivity index is 0.759. The standard InChI is InChI=1S/C45H53N9O7/c1-52(41-11-12-42(56)48-45(41)57)29-35-26-31(7-8-34(35)30-55)4-3-23-58-24-21-53-17-13-36(14-18-53)59-25-22-54-19-15-37(16-20-54)60-38-6-2-5-32(27-38)43-39-28-33(44(46)49-51-47)9-10-40(39)50-61-43/h2,5-10,26-28,30,36-37,41H,11-25,29H2,1H3,(H3,46,47,49)(H,48,56,57). The minimum atomic E-state index is -0.425. The van der Waals surface area contributed by atoms with E-state index < -0.39 is 6.04 Å². The van der Waals surface area contributed by atoms with Crippen LogP contribution in [0.25, 0.3) is 22.2 Å². The van der Waals surface area contributed by atoms with Crippen molar-refractivity contribution in [2.75, 3.05) is 66.1 Å². The van der Waals surface area contributed by atoms with Crippen LogP contribution in [0, 0.1) is 17.3 Å². The third-order valence-electron chi connectivity index (χ3n) is 11.5. The first-order valence-electron chi connectivity index (χ1n) is 20.9. The first-order valence-corrected chi connectivity index (χ1v) is 20.9. The number of nitrogens with one attached hydrogen (secondary N) is 2. The molecule has 16 heteroatoms. The number of aldehydes is 1. The molecule has 0 spiro atoms. The minimum absolute atomic E-state index is 0.0404. The molecule has 320 valence electrons. The zero-order chi connectivity index (χ0) is 42.6. The average molecular weight is 832 g/mol. The fourth-order valence-electron chi connectivity index (χ4n) is 8.09. The number of amides is 2. The zero-order valence-corrected chi connectivity index (χ0v) is 34.5. The molecule has 4 N–H and O–H groups in total. The fraction of sp³-hybridized carbons (Fsp3) is 0.444. The largest absolute Gasteiger partial charge is 0.490 e. The molecule has 3 fully saturated rings. The van der Waals surface area contributed by atoms with Crippen molar-refractivity contribution in [2.24, 2.45) is 16.2 Å². The zero-order valence-electron chi connectivity index (χ0n) is 34.5. The third-order valence-corrected chi connectivity index (χ3v) is 11.5. The molecule has 0 radical (unpaired) electrons. The number of benzene rings is 3. The van der Waals surface area contributed by atoms with E-state index in [0.29, 0.717) is 55.0 Å². The summed E-state index contributed by atoms with van der Waals surface area (Å²) in [5.41, 5.74) is 4.18. The Hall–Kier alpha value is -5.83. The summed E-state index contributed by atoms with van der Waals surface area (Å²) in [6, 6.07) is 18.2. The highest BCUT2D eigenvalue weighted by molar-refractivity contribution is 6.02. The Bertz CT molecular complexity index is 2270. The molecule has 3 aliphatic rings. The van der Waals surface area contributed by atoms with Gasteiger partial charge < -0.3 is 34.4 Å². The molecule has 1 atom stereocenters. The van der Waals surface area contributed by atoms with Crippen LogP contribution in [0.2, 0.25) is 0 Å². The number of hydrogen-bond acceptors (Lipinski definition) is 13. The topological polar surface area (TPSA) is 201 Å². The van der Waals surface area contributed by atoms with Gasteiger partial charge in [0.05, 0.1) is 30.7 Å². The molecule has 61 heavy (non-hydrogen) atoms. The van der Waals surface area contributed by atoms with Crippen LogP contribution >= 0.6 is 0 Å². The minimum Gasteiger partial charge on any atom is -0.490 e. The molecule has 0 bridgehead atoms. The second kappa shape index (κ2) is 21.1. The molecule has 3 aromatic carbocycles. The van der Waals surface area contributed by atoms with Gasteiger partial charge in [0, 0.05) is 74.5 Å². The Kier molecular flexibility index (Phi) is 15.0. The fourth-order valence-corrected chi connectivity index (χ4v) is 8.09. The van der Waals surface area contributed by atoms with Gasteiger partial charge in [-0.25, -0.2) is 0 Å². The van der Waals surface area contributed by atoms with Crippen molar-refractivity contribution in [1.29, 1.82) is 5.41 Å². The summed E-state index contributed by atoms with van der Waals surface area (Å²) in [4.78, 5) is 42.3. The maximum Gasteiger partial charge on any atom is 0.243 e. The van der Waals surface area contributed by atoms with E-state index in [1.165, 1.54) is 0 Å². The van der Waals surface area contributed by atoms with Crippen molar-refractivity contribution in [3.63, 3.8) is 0 Å². The van der Waals surface area contributed by atoms with Crippen LogP contribution < -0.4 is 15.9 Å². The van der Waals surface area contributed by atoms with Crippen molar-refractivity contribution >= 4 is 34.8 Å². The summed E-state index contributed by atoms with van der Waals surface area (Å²) in [7, 11) is 1.82. The molecule has 0 saturated carbocycles. The summed E-state index contributed by atoms with van der Waals surface area (Å²) in [5, 5.41) is 22.3. The van der Waals surface area contributed by atoms with Gasteiger partial charge in [0.2, 0.25) is 11.8 Å². The van der Waals surface area contributed by atoms with Gasteiger partial charge >= 0.3 is 0 Å². The first-order chi connectivity index (χ1) is 29.8. The molecular formula is C45H53N9O7. The number of rotatable bonds is 16. The quantitative estimate of drug-likeness (QED) is 0.0164. The summed E-state index contributed by atoms with van der Waals surface area (Å²) in [5.74, 6) is 12.1. The number of aromatic nitrogens is 1. The van der Waals surface area contributed by atoms with Crippen LogP contribution in [0.4, 0.5) is 0 Å². The number of carbonyl (C=O) groups excluding carboxylic acids is 3. The lowest BCUT2D eigenvalue weighted by molar-refractivity contribution is -0.137. The van der Waals surface area contributed by atoms with E-state index in [4.69, 9.17) is 30.0 Å². The number of piperidine rings is 3. The van der Waals surface area contributed by atoms with Crippen LogP contribution in [-0.2, 0) is 25.6 Å². The lowest BCUT2D eigenvalue weighted by Gasteiger charge is -2.34. The van der Waals surface area contributed by atoms with Gasteiger partial charge in [0.15, 0.2) is 11.6 Å². The average Bonchev–Trinajstić information content (AvgIpc) is 3.70. The second-order valence-electron chi connectivity index (χ2n) is 15.7. The molecular weight excluding hydrogens is 779 g/mol. The van der Waals surface area contributed by atoms with E-state index in [2.05, 4.69) is 42.5 Å². The molecule has 4 heterocycles. The van der Waals surface area contributed by atoms with Crippen LogP contribution in [-0.4, -0.2) is 128 Å².